The van der Waals surface area contributed by atoms with Crippen LogP contribution in [0.4, 0.5) is 0 Å². The largest absolute Gasteiger partial charge is 0.453 e. The molecule has 104 valence electrons. The number of nitrogens with zero attached hydrogens (tertiary/aromatic N) is 1. The van der Waals surface area contributed by atoms with Gasteiger partial charge in [0.05, 0.1) is 0 Å². The summed E-state index contributed by atoms with van der Waals surface area (Å²) in [6.07, 6.45) is 4.51. The van der Waals surface area contributed by atoms with Crippen molar-refractivity contribution in [2.24, 2.45) is 0 Å². The average molecular weight is 269 g/mol. The maximum absolute atomic E-state index is 10.6. The van der Waals surface area contributed by atoms with Gasteiger partial charge in [-0.1, -0.05) is 24.3 Å². The van der Waals surface area contributed by atoms with Crippen molar-refractivity contribution >= 4 is 6.29 Å². The molecule has 3 nitrogen and oxygen atoms in total. The highest BCUT2D eigenvalue weighted by atomic mass is 16.3. The summed E-state index contributed by atoms with van der Waals surface area (Å²) in [6.45, 7) is 3.65. The van der Waals surface area contributed by atoms with Crippen LogP contribution in [0.3, 0.4) is 0 Å². The van der Waals surface area contributed by atoms with Crippen LogP contribution in [0, 0.1) is 0 Å². The second-order valence-electron chi connectivity index (χ2n) is 5.32. The monoisotopic (exact) mass is 269 g/mol. The molecule has 0 spiro atoms. The van der Waals surface area contributed by atoms with E-state index < -0.39 is 0 Å². The van der Waals surface area contributed by atoms with E-state index in [0.717, 1.165) is 30.6 Å². The molecule has 0 bridgehead atoms. The van der Waals surface area contributed by atoms with Crippen LogP contribution in [0.15, 0.2) is 40.8 Å². The molecule has 20 heavy (non-hydrogen) atoms. The number of aldehydes is 1. The third kappa shape index (κ3) is 2.99. The Hall–Kier alpha value is -1.87. The van der Waals surface area contributed by atoms with Crippen LogP contribution in [0.5, 0.6) is 0 Å². The topological polar surface area (TPSA) is 33.5 Å². The van der Waals surface area contributed by atoms with E-state index in [1.807, 2.05) is 6.07 Å². The third-order valence-corrected chi connectivity index (χ3v) is 3.90. The van der Waals surface area contributed by atoms with Gasteiger partial charge in [0.25, 0.3) is 0 Å². The standard InChI is InChI=1S/C17H19NO2/c19-13-16-7-8-17(20-16)15-5-3-14(4-6-15)9-12-18-10-1-2-11-18/h3-8,13H,1-2,9-12H2. The van der Waals surface area contributed by atoms with E-state index in [4.69, 9.17) is 4.42 Å². The van der Waals surface area contributed by atoms with Gasteiger partial charge in [0.1, 0.15) is 5.76 Å². The highest BCUT2D eigenvalue weighted by molar-refractivity contribution is 5.72. The summed E-state index contributed by atoms with van der Waals surface area (Å²) in [5, 5.41) is 0. The molecule has 3 heteroatoms. The summed E-state index contributed by atoms with van der Waals surface area (Å²) in [5.41, 5.74) is 2.37. The summed E-state index contributed by atoms with van der Waals surface area (Å²) < 4.78 is 5.42. The van der Waals surface area contributed by atoms with Gasteiger partial charge in [-0.3, -0.25) is 4.79 Å². The molecule has 0 saturated carbocycles. The fourth-order valence-electron chi connectivity index (χ4n) is 2.70. The van der Waals surface area contributed by atoms with Gasteiger partial charge in [0.15, 0.2) is 12.0 Å². The van der Waals surface area contributed by atoms with E-state index in [1.165, 1.54) is 31.5 Å². The number of furan rings is 1. The van der Waals surface area contributed by atoms with E-state index in [-0.39, 0.29) is 0 Å². The Kier molecular flexibility index (Phi) is 3.97. The van der Waals surface area contributed by atoms with Crippen LogP contribution < -0.4 is 0 Å². The van der Waals surface area contributed by atoms with Crippen LogP contribution in [0.25, 0.3) is 11.3 Å². The number of rotatable bonds is 5. The molecule has 2 heterocycles. The summed E-state index contributed by atoms with van der Waals surface area (Å²) >= 11 is 0. The SMILES string of the molecule is O=Cc1ccc(-c2ccc(CCN3CCCC3)cc2)o1. The first-order valence-electron chi connectivity index (χ1n) is 7.22. The summed E-state index contributed by atoms with van der Waals surface area (Å²) in [5.74, 6) is 1.12. The molecule has 2 aromatic rings. The van der Waals surface area contributed by atoms with Crippen LogP contribution in [0.2, 0.25) is 0 Å². The van der Waals surface area contributed by atoms with E-state index >= 15 is 0 Å². The normalized spacial score (nSPS) is 15.6. The molecule has 0 N–H and O–H groups in total. The lowest BCUT2D eigenvalue weighted by Crippen LogP contribution is -2.21. The minimum absolute atomic E-state index is 0.373. The molecule has 1 aromatic heterocycles. The van der Waals surface area contributed by atoms with Gasteiger partial charge in [-0.2, -0.15) is 0 Å². The van der Waals surface area contributed by atoms with Crippen molar-refractivity contribution in [3.63, 3.8) is 0 Å². The zero-order chi connectivity index (χ0) is 13.8. The highest BCUT2D eigenvalue weighted by Crippen LogP contribution is 2.22. The predicted octanol–water partition coefficient (Wildman–Crippen LogP) is 3.40. The van der Waals surface area contributed by atoms with Crippen LogP contribution >= 0.6 is 0 Å². The van der Waals surface area contributed by atoms with Gasteiger partial charge >= 0.3 is 0 Å². The number of hydrogen-bond donors (Lipinski definition) is 0. The Morgan fingerprint density at radius 2 is 1.80 bits per heavy atom. The average Bonchev–Trinajstić information content (AvgIpc) is 3.17. The van der Waals surface area contributed by atoms with Crippen LogP contribution in [-0.2, 0) is 6.42 Å². The number of carbonyl (C=O) groups is 1. The van der Waals surface area contributed by atoms with Gasteiger partial charge in [-0.15, -0.1) is 0 Å². The van der Waals surface area contributed by atoms with Crippen molar-refractivity contribution < 1.29 is 9.21 Å². The van der Waals surface area contributed by atoms with Gasteiger partial charge in [0.2, 0.25) is 0 Å². The predicted molar refractivity (Wildman–Crippen MR) is 78.9 cm³/mol. The number of benzene rings is 1. The van der Waals surface area contributed by atoms with Crippen molar-refractivity contribution in [3.8, 4) is 11.3 Å². The van der Waals surface area contributed by atoms with Crippen molar-refractivity contribution in [3.05, 3.63) is 47.7 Å². The molecule has 3 rings (SSSR count). The minimum atomic E-state index is 0.373. The molecule has 0 unspecified atom stereocenters. The molecule has 1 aliphatic rings. The molecule has 1 fully saturated rings. The van der Waals surface area contributed by atoms with Crippen LogP contribution in [-0.4, -0.2) is 30.8 Å². The molecule has 1 aliphatic heterocycles. The van der Waals surface area contributed by atoms with Gasteiger partial charge in [-0.25, -0.2) is 0 Å². The Bertz CT molecular complexity index is 565. The lowest BCUT2D eigenvalue weighted by Gasteiger charge is -2.14. The molecule has 0 aliphatic carbocycles. The quantitative estimate of drug-likeness (QED) is 0.780. The molecule has 0 amide bonds. The summed E-state index contributed by atoms with van der Waals surface area (Å²) in [7, 11) is 0. The van der Waals surface area contributed by atoms with Gasteiger partial charge < -0.3 is 9.32 Å². The first-order chi connectivity index (χ1) is 9.85. The fraction of sp³-hybridized carbons (Fsp3) is 0.353. The Morgan fingerprint density at radius 1 is 1.05 bits per heavy atom. The number of carbonyl (C=O) groups excluding carboxylic acids is 1. The third-order valence-electron chi connectivity index (χ3n) is 3.90. The molecule has 1 aromatic carbocycles. The van der Waals surface area contributed by atoms with E-state index in [9.17, 15) is 4.79 Å². The Balaban J connectivity index is 1.63. The minimum Gasteiger partial charge on any atom is -0.453 e. The molecule has 1 saturated heterocycles. The Labute approximate surface area is 119 Å². The second-order valence-corrected chi connectivity index (χ2v) is 5.32. The Morgan fingerprint density at radius 3 is 2.45 bits per heavy atom. The smallest absolute Gasteiger partial charge is 0.185 e. The summed E-state index contributed by atoms with van der Waals surface area (Å²) in [6, 6.07) is 12.0. The summed E-state index contributed by atoms with van der Waals surface area (Å²) in [4.78, 5) is 13.1. The fourth-order valence-corrected chi connectivity index (χ4v) is 2.70. The van der Waals surface area contributed by atoms with Crippen molar-refractivity contribution in [1.29, 1.82) is 0 Å². The van der Waals surface area contributed by atoms with E-state index in [0.29, 0.717) is 5.76 Å². The van der Waals surface area contributed by atoms with Crippen molar-refractivity contribution in [1.82, 2.24) is 4.90 Å². The number of hydrogen-bond acceptors (Lipinski definition) is 3. The lowest BCUT2D eigenvalue weighted by atomic mass is 10.1. The number of likely N-dealkylation sites (tertiary alicyclic amines) is 1. The van der Waals surface area contributed by atoms with E-state index in [2.05, 4.69) is 29.2 Å². The molecular formula is C17H19NO2. The van der Waals surface area contributed by atoms with Crippen LogP contribution in [0.1, 0.15) is 29.0 Å². The maximum atomic E-state index is 10.6. The van der Waals surface area contributed by atoms with Gasteiger partial charge in [0, 0.05) is 12.1 Å². The maximum Gasteiger partial charge on any atom is 0.185 e. The second kappa shape index (κ2) is 6.06. The highest BCUT2D eigenvalue weighted by Gasteiger charge is 2.11. The zero-order valence-electron chi connectivity index (χ0n) is 11.5. The zero-order valence-corrected chi connectivity index (χ0v) is 11.5. The van der Waals surface area contributed by atoms with Gasteiger partial charge in [-0.05, 0) is 50.0 Å². The molecular weight excluding hydrogens is 250 g/mol. The molecule has 0 atom stereocenters. The van der Waals surface area contributed by atoms with E-state index in [1.54, 1.807) is 6.07 Å². The van der Waals surface area contributed by atoms with Crippen molar-refractivity contribution in [2.45, 2.75) is 19.3 Å². The van der Waals surface area contributed by atoms with Crippen molar-refractivity contribution in [2.75, 3.05) is 19.6 Å². The first-order valence-corrected chi connectivity index (χ1v) is 7.22. The lowest BCUT2D eigenvalue weighted by molar-refractivity contribution is 0.110. The first kappa shape index (κ1) is 13.1. The molecule has 0 radical (unpaired) electrons.